The number of piperidine rings is 1. The molecule has 1 heteroatoms. The van der Waals surface area contributed by atoms with Crippen molar-refractivity contribution >= 4 is 0 Å². The molecule has 1 aliphatic rings. The van der Waals surface area contributed by atoms with E-state index >= 15 is 0 Å². The molecule has 1 fully saturated rings. The average molecular weight is 264 g/mol. The zero-order valence-corrected chi connectivity index (χ0v) is 12.1. The van der Waals surface area contributed by atoms with Crippen LogP contribution in [0.15, 0.2) is 54.6 Å². The summed E-state index contributed by atoms with van der Waals surface area (Å²) in [5, 5.41) is 4.52. The van der Waals surface area contributed by atoms with Gasteiger partial charge in [-0.3, -0.25) is 0 Å². The van der Waals surface area contributed by atoms with Gasteiger partial charge in [0.2, 0.25) is 0 Å². The molecule has 1 radical (unpaired) electrons. The number of hydrogen-bond acceptors (Lipinski definition) is 0. The lowest BCUT2D eigenvalue weighted by atomic mass is 9.75. The van der Waals surface area contributed by atoms with Crippen LogP contribution < -0.4 is 5.32 Å². The maximum absolute atomic E-state index is 4.52. The van der Waals surface area contributed by atoms with Crippen molar-refractivity contribution in [1.29, 1.82) is 0 Å². The molecule has 0 aromatic heterocycles. The van der Waals surface area contributed by atoms with E-state index in [1.165, 1.54) is 29.5 Å². The van der Waals surface area contributed by atoms with E-state index in [9.17, 15) is 0 Å². The molecule has 0 spiro atoms. The molecule has 1 atom stereocenters. The minimum Gasteiger partial charge on any atom is -0.242 e. The monoisotopic (exact) mass is 264 g/mol. The first kappa shape index (κ1) is 13.4. The molecule has 2 aromatic carbocycles. The van der Waals surface area contributed by atoms with Crippen molar-refractivity contribution in [1.82, 2.24) is 5.32 Å². The smallest absolute Gasteiger partial charge is 0.0136 e. The largest absolute Gasteiger partial charge is 0.242 e. The lowest BCUT2D eigenvalue weighted by molar-refractivity contribution is 0.338. The quantitative estimate of drug-likeness (QED) is 0.791. The van der Waals surface area contributed by atoms with E-state index in [2.05, 4.69) is 66.8 Å². The Hall–Kier alpha value is -1.60. The van der Waals surface area contributed by atoms with Crippen LogP contribution in [0.25, 0.3) is 0 Å². The van der Waals surface area contributed by atoms with Gasteiger partial charge in [0.05, 0.1) is 0 Å². The van der Waals surface area contributed by atoms with E-state index in [0.717, 1.165) is 19.0 Å². The lowest BCUT2D eigenvalue weighted by Gasteiger charge is -2.32. The van der Waals surface area contributed by atoms with Crippen molar-refractivity contribution in [3.63, 3.8) is 0 Å². The van der Waals surface area contributed by atoms with Crippen LogP contribution in [0.3, 0.4) is 0 Å². The molecule has 1 saturated heterocycles. The second kappa shape index (κ2) is 6.23. The molecule has 0 saturated carbocycles. The zero-order valence-electron chi connectivity index (χ0n) is 12.1. The van der Waals surface area contributed by atoms with Crippen molar-refractivity contribution in [3.05, 3.63) is 71.3 Å². The highest BCUT2D eigenvalue weighted by Gasteiger charge is 2.27. The van der Waals surface area contributed by atoms with Gasteiger partial charge in [-0.15, -0.1) is 0 Å². The average Bonchev–Trinajstić information content (AvgIpc) is 2.52. The Labute approximate surface area is 122 Å². The zero-order chi connectivity index (χ0) is 13.8. The summed E-state index contributed by atoms with van der Waals surface area (Å²) < 4.78 is 0. The van der Waals surface area contributed by atoms with E-state index in [1.807, 2.05) is 0 Å². The van der Waals surface area contributed by atoms with Crippen molar-refractivity contribution in [2.24, 2.45) is 5.92 Å². The van der Waals surface area contributed by atoms with Crippen LogP contribution in [0.5, 0.6) is 0 Å². The lowest BCUT2D eigenvalue weighted by Crippen LogP contribution is -2.27. The third kappa shape index (κ3) is 2.78. The van der Waals surface area contributed by atoms with E-state index in [4.69, 9.17) is 0 Å². The minimum atomic E-state index is 0.521. The van der Waals surface area contributed by atoms with Gasteiger partial charge in [0, 0.05) is 19.0 Å². The standard InChI is InChI=1S/C19H22N/c1-15-7-5-6-10-18(15)19(16-8-3-2-4-9-16)17-11-13-20-14-12-17/h2-10,17,19H,11-14H2,1H3. The van der Waals surface area contributed by atoms with Gasteiger partial charge in [0.25, 0.3) is 0 Å². The maximum atomic E-state index is 4.52. The van der Waals surface area contributed by atoms with Crippen molar-refractivity contribution < 1.29 is 0 Å². The molecule has 20 heavy (non-hydrogen) atoms. The van der Waals surface area contributed by atoms with Crippen LogP contribution in [0.2, 0.25) is 0 Å². The molecule has 3 rings (SSSR count). The highest BCUT2D eigenvalue weighted by Crippen LogP contribution is 2.38. The summed E-state index contributed by atoms with van der Waals surface area (Å²) in [6, 6.07) is 19.8. The molecular weight excluding hydrogens is 242 g/mol. The number of hydrogen-bond donors (Lipinski definition) is 0. The van der Waals surface area contributed by atoms with Gasteiger partial charge in [-0.1, -0.05) is 54.6 Å². The predicted octanol–water partition coefficient (Wildman–Crippen LogP) is 4.14. The number of nitrogens with zero attached hydrogens (tertiary/aromatic N) is 1. The Morgan fingerprint density at radius 1 is 0.900 bits per heavy atom. The second-order valence-electron chi connectivity index (χ2n) is 5.75. The van der Waals surface area contributed by atoms with Crippen LogP contribution in [-0.4, -0.2) is 13.1 Å². The first-order chi connectivity index (χ1) is 9.86. The maximum Gasteiger partial charge on any atom is 0.0136 e. The molecule has 0 bridgehead atoms. The Balaban J connectivity index is 2.01. The van der Waals surface area contributed by atoms with Crippen molar-refractivity contribution in [2.45, 2.75) is 25.7 Å². The van der Waals surface area contributed by atoms with Gasteiger partial charge in [0.1, 0.15) is 0 Å². The van der Waals surface area contributed by atoms with Gasteiger partial charge in [-0.2, -0.15) is 0 Å². The summed E-state index contributed by atoms with van der Waals surface area (Å²) >= 11 is 0. The number of benzene rings is 2. The van der Waals surface area contributed by atoms with E-state index < -0.39 is 0 Å². The normalized spacial score (nSPS) is 17.9. The van der Waals surface area contributed by atoms with Crippen molar-refractivity contribution in [2.75, 3.05) is 13.1 Å². The molecule has 1 unspecified atom stereocenters. The summed E-state index contributed by atoms with van der Waals surface area (Å²) in [4.78, 5) is 0. The van der Waals surface area contributed by atoms with E-state index in [0.29, 0.717) is 5.92 Å². The molecule has 1 nitrogen and oxygen atoms in total. The summed E-state index contributed by atoms with van der Waals surface area (Å²) in [5.74, 6) is 1.24. The van der Waals surface area contributed by atoms with E-state index in [1.54, 1.807) is 0 Å². The van der Waals surface area contributed by atoms with Crippen LogP contribution in [0, 0.1) is 12.8 Å². The summed E-state index contributed by atoms with van der Waals surface area (Å²) in [5.41, 5.74) is 4.35. The first-order valence-corrected chi connectivity index (χ1v) is 7.60. The van der Waals surface area contributed by atoms with Gasteiger partial charge >= 0.3 is 0 Å². The second-order valence-corrected chi connectivity index (χ2v) is 5.75. The van der Waals surface area contributed by atoms with Gasteiger partial charge in [-0.05, 0) is 42.4 Å². The molecule has 0 aliphatic carbocycles. The fourth-order valence-corrected chi connectivity index (χ4v) is 3.41. The van der Waals surface area contributed by atoms with Gasteiger partial charge in [0.15, 0.2) is 0 Å². The fraction of sp³-hybridized carbons (Fsp3) is 0.368. The fourth-order valence-electron chi connectivity index (χ4n) is 3.41. The van der Waals surface area contributed by atoms with Crippen LogP contribution in [-0.2, 0) is 0 Å². The summed E-state index contributed by atoms with van der Waals surface area (Å²) in [6.45, 7) is 4.29. The van der Waals surface area contributed by atoms with Crippen LogP contribution in [0.4, 0.5) is 0 Å². The summed E-state index contributed by atoms with van der Waals surface area (Å²) in [6.07, 6.45) is 2.43. The summed E-state index contributed by atoms with van der Waals surface area (Å²) in [7, 11) is 0. The predicted molar refractivity (Wildman–Crippen MR) is 84.1 cm³/mol. The molecule has 2 aromatic rings. The third-order valence-corrected chi connectivity index (χ3v) is 4.47. The Morgan fingerprint density at radius 3 is 2.25 bits per heavy atom. The number of aryl methyl sites for hydroxylation is 1. The Kier molecular flexibility index (Phi) is 4.17. The molecule has 1 heterocycles. The highest BCUT2D eigenvalue weighted by atomic mass is 14.9. The van der Waals surface area contributed by atoms with E-state index in [-0.39, 0.29) is 0 Å². The highest BCUT2D eigenvalue weighted by molar-refractivity contribution is 5.38. The number of rotatable bonds is 3. The molecular formula is C19H22N. The molecule has 0 N–H and O–H groups in total. The van der Waals surface area contributed by atoms with Gasteiger partial charge < -0.3 is 0 Å². The minimum absolute atomic E-state index is 0.521. The molecule has 0 amide bonds. The van der Waals surface area contributed by atoms with Crippen molar-refractivity contribution in [3.8, 4) is 0 Å². The van der Waals surface area contributed by atoms with Crippen LogP contribution in [0.1, 0.15) is 35.4 Å². The topological polar surface area (TPSA) is 14.1 Å². The van der Waals surface area contributed by atoms with Gasteiger partial charge in [-0.25, -0.2) is 5.32 Å². The Morgan fingerprint density at radius 2 is 1.55 bits per heavy atom. The first-order valence-electron chi connectivity index (χ1n) is 7.60. The third-order valence-electron chi connectivity index (χ3n) is 4.47. The SMILES string of the molecule is Cc1ccccc1C(c1ccccc1)C1CC[N]CC1. The molecule has 1 aliphatic heterocycles. The Bertz CT molecular complexity index is 541. The van der Waals surface area contributed by atoms with Crippen LogP contribution >= 0.6 is 0 Å². The molecule has 103 valence electrons.